The van der Waals surface area contributed by atoms with Crippen molar-refractivity contribution in [1.82, 2.24) is 0 Å². The Kier molecular flexibility index (Phi) is 5.69. The quantitative estimate of drug-likeness (QED) is 0.433. The predicted molar refractivity (Wildman–Crippen MR) is 77.5 cm³/mol. The maximum absolute atomic E-state index is 10.4. The lowest BCUT2D eigenvalue weighted by atomic mass is 9.99. The number of aliphatic carboxylic acids is 1. The Morgan fingerprint density at radius 2 is 1.78 bits per heavy atom. The summed E-state index contributed by atoms with van der Waals surface area (Å²) in [6.45, 7) is -0.538. The zero-order chi connectivity index (χ0) is 17.0. The van der Waals surface area contributed by atoms with Crippen LogP contribution >= 0.6 is 0 Å². The summed E-state index contributed by atoms with van der Waals surface area (Å²) in [6, 6.07) is 6.25. The Bertz CT molecular complexity index is 553. The van der Waals surface area contributed by atoms with Gasteiger partial charge in [-0.15, -0.1) is 0 Å². The highest BCUT2D eigenvalue weighted by molar-refractivity contribution is 5.85. The van der Waals surface area contributed by atoms with E-state index in [2.05, 4.69) is 0 Å². The lowest BCUT2D eigenvalue weighted by molar-refractivity contribution is -0.277. The van der Waals surface area contributed by atoms with Crippen molar-refractivity contribution < 1.29 is 39.8 Å². The van der Waals surface area contributed by atoms with Crippen LogP contribution in [-0.2, 0) is 9.53 Å². The van der Waals surface area contributed by atoms with Crippen LogP contribution in [0.2, 0.25) is 0 Å². The average molecular weight is 326 g/mol. The Labute approximate surface area is 131 Å². The zero-order valence-corrected chi connectivity index (χ0v) is 12.0. The summed E-state index contributed by atoms with van der Waals surface area (Å²) in [7, 11) is 0. The number of aliphatic hydroxyl groups is 4. The van der Waals surface area contributed by atoms with Gasteiger partial charge >= 0.3 is 5.97 Å². The minimum absolute atomic E-state index is 0.307. The van der Waals surface area contributed by atoms with Crippen molar-refractivity contribution in [2.24, 2.45) is 0 Å². The largest absolute Gasteiger partial charge is 0.478 e. The third-order valence-electron chi connectivity index (χ3n) is 3.40. The topological polar surface area (TPSA) is 137 Å². The molecule has 1 aromatic rings. The average Bonchev–Trinajstić information content (AvgIpc) is 2.54. The molecule has 0 spiro atoms. The maximum Gasteiger partial charge on any atom is 0.328 e. The second kappa shape index (κ2) is 7.53. The van der Waals surface area contributed by atoms with Crippen molar-refractivity contribution in [3.05, 3.63) is 35.9 Å². The van der Waals surface area contributed by atoms with Crippen LogP contribution in [0.25, 0.3) is 6.08 Å². The molecule has 126 valence electrons. The summed E-state index contributed by atoms with van der Waals surface area (Å²) >= 11 is 0. The van der Waals surface area contributed by atoms with Gasteiger partial charge in [0.1, 0.15) is 30.2 Å². The summed E-state index contributed by atoms with van der Waals surface area (Å²) < 4.78 is 10.6. The number of ether oxygens (including phenoxy) is 2. The fraction of sp³-hybridized carbons (Fsp3) is 0.400. The molecule has 0 bridgehead atoms. The van der Waals surface area contributed by atoms with Crippen molar-refractivity contribution in [3.63, 3.8) is 0 Å². The molecule has 0 amide bonds. The van der Waals surface area contributed by atoms with E-state index >= 15 is 0 Å². The second-order valence-corrected chi connectivity index (χ2v) is 5.06. The lowest BCUT2D eigenvalue weighted by Gasteiger charge is -2.39. The van der Waals surface area contributed by atoms with Crippen molar-refractivity contribution in [2.75, 3.05) is 6.61 Å². The van der Waals surface area contributed by atoms with Crippen LogP contribution in [0, 0.1) is 0 Å². The number of benzene rings is 1. The highest BCUT2D eigenvalue weighted by Gasteiger charge is 2.44. The molecule has 1 saturated heterocycles. The van der Waals surface area contributed by atoms with E-state index in [1.165, 1.54) is 18.2 Å². The van der Waals surface area contributed by atoms with Crippen molar-refractivity contribution in [3.8, 4) is 5.75 Å². The fourth-order valence-electron chi connectivity index (χ4n) is 2.12. The van der Waals surface area contributed by atoms with E-state index in [4.69, 9.17) is 19.7 Å². The molecule has 2 unspecified atom stereocenters. The summed E-state index contributed by atoms with van der Waals surface area (Å²) in [4.78, 5) is 10.4. The highest BCUT2D eigenvalue weighted by atomic mass is 16.7. The van der Waals surface area contributed by atoms with Crippen LogP contribution in [0.15, 0.2) is 30.3 Å². The van der Waals surface area contributed by atoms with E-state index in [9.17, 15) is 20.1 Å². The number of carboxylic acid groups (broad SMARTS) is 1. The molecule has 1 aromatic carbocycles. The van der Waals surface area contributed by atoms with Gasteiger partial charge in [-0.05, 0) is 23.8 Å². The number of carbonyl (C=O) groups is 1. The van der Waals surface area contributed by atoms with E-state index in [1.54, 1.807) is 12.1 Å². The number of aliphatic hydroxyl groups excluding tert-OH is 4. The lowest BCUT2D eigenvalue weighted by Crippen LogP contribution is -2.60. The third-order valence-corrected chi connectivity index (χ3v) is 3.40. The third kappa shape index (κ3) is 4.27. The van der Waals surface area contributed by atoms with Gasteiger partial charge in [-0.25, -0.2) is 4.79 Å². The first-order chi connectivity index (χ1) is 10.9. The van der Waals surface area contributed by atoms with Gasteiger partial charge in [0.15, 0.2) is 0 Å². The van der Waals surface area contributed by atoms with E-state index in [-0.39, 0.29) is 0 Å². The maximum atomic E-state index is 10.4. The molecule has 0 saturated carbocycles. The second-order valence-electron chi connectivity index (χ2n) is 5.06. The number of carboxylic acids is 1. The first-order valence-electron chi connectivity index (χ1n) is 6.90. The van der Waals surface area contributed by atoms with Crippen molar-refractivity contribution in [2.45, 2.75) is 30.7 Å². The predicted octanol–water partition coefficient (Wildman–Crippen LogP) is -1.04. The molecule has 5 atom stereocenters. The molecule has 1 fully saturated rings. The molecule has 8 nitrogen and oxygen atoms in total. The van der Waals surface area contributed by atoms with Gasteiger partial charge in [0.2, 0.25) is 6.29 Å². The molecule has 1 aliphatic heterocycles. The minimum atomic E-state index is -1.51. The summed E-state index contributed by atoms with van der Waals surface area (Å²) in [5, 5.41) is 46.9. The summed E-state index contributed by atoms with van der Waals surface area (Å²) in [5.41, 5.74) is 0.633. The van der Waals surface area contributed by atoms with Crippen molar-refractivity contribution >= 4 is 12.0 Å². The zero-order valence-electron chi connectivity index (χ0n) is 12.0. The molecule has 8 heteroatoms. The van der Waals surface area contributed by atoms with Crippen molar-refractivity contribution in [1.29, 1.82) is 0 Å². The van der Waals surface area contributed by atoms with E-state index in [1.807, 2.05) is 0 Å². The SMILES string of the molecule is O=C(O)/C=C\c1ccc(O[C@@H]2OC(CO)[C@@H](O)C(O)[C@@H]2O)cc1. The Morgan fingerprint density at radius 1 is 1.13 bits per heavy atom. The molecule has 1 aliphatic rings. The van der Waals surface area contributed by atoms with Crippen LogP contribution in [0.4, 0.5) is 0 Å². The molecule has 0 aromatic heterocycles. The van der Waals surface area contributed by atoms with Crippen LogP contribution in [0.5, 0.6) is 5.75 Å². The van der Waals surface area contributed by atoms with Gasteiger partial charge in [-0.3, -0.25) is 0 Å². The standard InChI is InChI=1S/C15H18O8/c16-7-10-12(19)13(20)14(21)15(23-10)22-9-4-1-8(2-5-9)3-6-11(17)18/h1-6,10,12-16,19-21H,7H2,(H,17,18)/b6-3-/t10?,12-,13?,14+,15-/m1/s1. The first-order valence-corrected chi connectivity index (χ1v) is 6.90. The van der Waals surface area contributed by atoms with Gasteiger partial charge < -0.3 is 35.0 Å². The number of rotatable bonds is 5. The van der Waals surface area contributed by atoms with E-state index in [0.717, 1.165) is 6.08 Å². The first kappa shape index (κ1) is 17.4. The number of hydrogen-bond donors (Lipinski definition) is 5. The molecular formula is C15H18O8. The monoisotopic (exact) mass is 326 g/mol. The smallest absolute Gasteiger partial charge is 0.328 e. The van der Waals surface area contributed by atoms with Crippen LogP contribution in [0.1, 0.15) is 5.56 Å². The summed E-state index contributed by atoms with van der Waals surface area (Å²) in [6.07, 6.45) is -4.35. The molecular weight excluding hydrogens is 308 g/mol. The minimum Gasteiger partial charge on any atom is -0.478 e. The molecule has 0 aliphatic carbocycles. The normalized spacial score (nSPS) is 31.2. The molecule has 1 heterocycles. The molecule has 0 radical (unpaired) electrons. The Morgan fingerprint density at radius 3 is 2.35 bits per heavy atom. The molecule has 2 rings (SSSR count). The van der Waals surface area contributed by atoms with Crippen LogP contribution in [-0.4, -0.2) is 68.8 Å². The van der Waals surface area contributed by atoms with Gasteiger partial charge in [0.25, 0.3) is 0 Å². The fourth-order valence-corrected chi connectivity index (χ4v) is 2.12. The van der Waals surface area contributed by atoms with Crippen LogP contribution in [0.3, 0.4) is 0 Å². The van der Waals surface area contributed by atoms with E-state index < -0.39 is 43.3 Å². The summed E-state index contributed by atoms with van der Waals surface area (Å²) in [5.74, 6) is -0.756. The van der Waals surface area contributed by atoms with Gasteiger partial charge in [-0.1, -0.05) is 12.1 Å². The Hall–Kier alpha value is -1.97. The van der Waals surface area contributed by atoms with E-state index in [0.29, 0.717) is 11.3 Å². The van der Waals surface area contributed by atoms with Crippen LogP contribution < -0.4 is 4.74 Å². The molecule has 5 N–H and O–H groups in total. The molecule has 23 heavy (non-hydrogen) atoms. The van der Waals surface area contributed by atoms with Gasteiger partial charge in [0, 0.05) is 6.08 Å². The Balaban J connectivity index is 2.04. The van der Waals surface area contributed by atoms with Gasteiger partial charge in [-0.2, -0.15) is 0 Å². The number of hydrogen-bond acceptors (Lipinski definition) is 7. The van der Waals surface area contributed by atoms with Gasteiger partial charge in [0.05, 0.1) is 6.61 Å². The highest BCUT2D eigenvalue weighted by Crippen LogP contribution is 2.24.